The summed E-state index contributed by atoms with van der Waals surface area (Å²) >= 11 is 12.2. The molecule has 1 unspecified atom stereocenters. The maximum absolute atomic E-state index is 13.1. The highest BCUT2D eigenvalue weighted by Gasteiger charge is 2.43. The molecule has 2 N–H and O–H groups in total. The van der Waals surface area contributed by atoms with Crippen molar-refractivity contribution in [2.45, 2.75) is 82.1 Å². The van der Waals surface area contributed by atoms with Gasteiger partial charge in [-0.1, -0.05) is 23.2 Å². The van der Waals surface area contributed by atoms with E-state index in [4.69, 9.17) is 27.9 Å². The number of aromatic nitrogens is 1. The summed E-state index contributed by atoms with van der Waals surface area (Å²) in [4.78, 5) is 32.2. The van der Waals surface area contributed by atoms with Crippen LogP contribution in [0.1, 0.15) is 62.9 Å². The van der Waals surface area contributed by atoms with E-state index in [2.05, 4.69) is 20.5 Å². The number of hydrogen-bond acceptors (Lipinski definition) is 5. The topological polar surface area (TPSA) is 83.6 Å². The number of ether oxygens (including phenoxy) is 1. The highest BCUT2D eigenvalue weighted by molar-refractivity contribution is 6.35. The van der Waals surface area contributed by atoms with E-state index in [9.17, 15) is 9.59 Å². The van der Waals surface area contributed by atoms with E-state index in [1.165, 1.54) is 0 Å². The Morgan fingerprint density at radius 1 is 1.00 bits per heavy atom. The second kappa shape index (κ2) is 9.51. The number of benzene rings is 1. The first-order valence-electron chi connectivity index (χ1n) is 12.2. The minimum atomic E-state index is -1.09. The summed E-state index contributed by atoms with van der Waals surface area (Å²) in [5, 5.41) is 7.06. The lowest BCUT2D eigenvalue weighted by Gasteiger charge is -2.41. The average molecular weight is 517 g/mol. The van der Waals surface area contributed by atoms with E-state index in [1.54, 1.807) is 38.2 Å². The van der Waals surface area contributed by atoms with Crippen LogP contribution in [0, 0.1) is 0 Å². The molecule has 3 heterocycles. The molecule has 1 aromatic carbocycles. The zero-order valence-electron chi connectivity index (χ0n) is 19.9. The van der Waals surface area contributed by atoms with Crippen molar-refractivity contribution in [2.24, 2.45) is 0 Å². The summed E-state index contributed by atoms with van der Waals surface area (Å²) < 4.78 is 5.96. The monoisotopic (exact) mass is 516 g/mol. The van der Waals surface area contributed by atoms with Gasteiger partial charge in [0.15, 0.2) is 5.60 Å². The summed E-state index contributed by atoms with van der Waals surface area (Å²) in [6.45, 7) is 3.48. The van der Waals surface area contributed by atoms with Crippen LogP contribution in [0.3, 0.4) is 0 Å². The van der Waals surface area contributed by atoms with Gasteiger partial charge in [-0.2, -0.15) is 0 Å². The number of carbonyl (C=O) groups is 2. The Morgan fingerprint density at radius 3 is 2.31 bits per heavy atom. The third kappa shape index (κ3) is 5.36. The summed E-state index contributed by atoms with van der Waals surface area (Å²) in [6, 6.07) is 9.78. The normalized spacial score (nSPS) is 23.7. The number of pyridine rings is 1. The molecule has 2 aromatic rings. The fourth-order valence-corrected chi connectivity index (χ4v) is 5.56. The second-order valence-corrected chi connectivity index (χ2v) is 11.1. The number of halogens is 2. The molecule has 9 heteroatoms. The van der Waals surface area contributed by atoms with Gasteiger partial charge in [-0.15, -0.1) is 0 Å². The van der Waals surface area contributed by atoms with Gasteiger partial charge in [0.1, 0.15) is 11.4 Å². The Hall–Kier alpha value is -2.51. The quantitative estimate of drug-likeness (QED) is 0.554. The largest absolute Gasteiger partial charge is 0.476 e. The van der Waals surface area contributed by atoms with Crippen LogP contribution in [0.25, 0.3) is 0 Å². The number of fused-ring (bicyclic) bond motifs is 2. The van der Waals surface area contributed by atoms with Gasteiger partial charge < -0.3 is 20.3 Å². The van der Waals surface area contributed by atoms with Crippen molar-refractivity contribution < 1.29 is 14.3 Å². The van der Waals surface area contributed by atoms with Gasteiger partial charge in [0.25, 0.3) is 11.8 Å². The van der Waals surface area contributed by atoms with Crippen LogP contribution < -0.4 is 20.3 Å². The van der Waals surface area contributed by atoms with Crippen LogP contribution in [0.2, 0.25) is 10.0 Å². The van der Waals surface area contributed by atoms with E-state index >= 15 is 0 Å². The van der Waals surface area contributed by atoms with Crippen LogP contribution in [0.15, 0.2) is 36.5 Å². The SMILES string of the molecule is CC(C)(Oc1ccc(Cl)cc1Cl)C(=O)NC1C[C@H]2CC[C@@H](C1)N2c1ccc(C(=O)NC2CC2)nc1. The maximum Gasteiger partial charge on any atom is 0.270 e. The van der Waals surface area contributed by atoms with Crippen LogP contribution in [0.4, 0.5) is 5.69 Å². The molecular formula is C26H30Cl2N4O3. The molecule has 2 saturated heterocycles. The maximum atomic E-state index is 13.1. The molecule has 1 saturated carbocycles. The number of anilines is 1. The van der Waals surface area contributed by atoms with E-state index in [1.807, 2.05) is 12.1 Å². The Balaban J connectivity index is 1.20. The predicted octanol–water partition coefficient (Wildman–Crippen LogP) is 4.75. The second-order valence-electron chi connectivity index (χ2n) is 10.3. The molecule has 35 heavy (non-hydrogen) atoms. The predicted molar refractivity (Wildman–Crippen MR) is 136 cm³/mol. The Morgan fingerprint density at radius 2 is 1.71 bits per heavy atom. The molecule has 5 rings (SSSR count). The summed E-state index contributed by atoms with van der Waals surface area (Å²) in [5.41, 5.74) is 0.401. The zero-order valence-corrected chi connectivity index (χ0v) is 21.4. The van der Waals surface area contributed by atoms with Crippen molar-refractivity contribution >= 4 is 40.7 Å². The highest BCUT2D eigenvalue weighted by Crippen LogP contribution is 2.39. The van der Waals surface area contributed by atoms with Crippen LogP contribution in [-0.4, -0.2) is 46.6 Å². The summed E-state index contributed by atoms with van der Waals surface area (Å²) in [7, 11) is 0. The Bertz CT molecular complexity index is 1110. The molecule has 186 valence electrons. The van der Waals surface area contributed by atoms with Crippen molar-refractivity contribution in [3.63, 3.8) is 0 Å². The molecule has 2 bridgehead atoms. The summed E-state index contributed by atoms with van der Waals surface area (Å²) in [5.74, 6) is 0.148. The molecule has 3 fully saturated rings. The number of piperidine rings is 1. The smallest absolute Gasteiger partial charge is 0.270 e. The number of rotatable bonds is 7. The average Bonchev–Trinajstić information content (AvgIpc) is 3.58. The molecule has 3 atom stereocenters. The molecule has 1 aromatic heterocycles. The fraction of sp³-hybridized carbons (Fsp3) is 0.500. The lowest BCUT2D eigenvalue weighted by atomic mass is 9.95. The minimum absolute atomic E-state index is 0.0661. The van der Waals surface area contributed by atoms with E-state index < -0.39 is 5.60 Å². The standard InChI is InChI=1S/C26H30Cl2N4O3/c1-26(2,35-23-10-3-15(27)11-21(23)28)25(34)31-17-12-18-6-7-19(13-17)32(18)20-8-9-22(29-14-20)24(33)30-16-4-5-16/h3,8-11,14,16-19H,4-7,12-13H2,1-2H3,(H,30,33)(H,31,34)/t17?,18-,19+. The van der Waals surface area contributed by atoms with Crippen molar-refractivity contribution in [3.05, 3.63) is 52.3 Å². The van der Waals surface area contributed by atoms with Crippen LogP contribution in [0.5, 0.6) is 5.75 Å². The molecular weight excluding hydrogens is 487 g/mol. The number of carbonyl (C=O) groups excluding carboxylic acids is 2. The van der Waals surface area contributed by atoms with Gasteiger partial charge in [-0.3, -0.25) is 9.59 Å². The van der Waals surface area contributed by atoms with E-state index in [0.717, 1.165) is 44.2 Å². The van der Waals surface area contributed by atoms with Gasteiger partial charge in [-0.05, 0) is 82.7 Å². The number of nitrogens with one attached hydrogen (secondary N) is 2. The number of amides is 2. The lowest BCUT2D eigenvalue weighted by molar-refractivity contribution is -0.135. The molecule has 7 nitrogen and oxygen atoms in total. The first-order chi connectivity index (χ1) is 16.7. The van der Waals surface area contributed by atoms with Crippen molar-refractivity contribution in [1.82, 2.24) is 15.6 Å². The third-order valence-electron chi connectivity index (χ3n) is 7.07. The first-order valence-corrected chi connectivity index (χ1v) is 13.0. The third-order valence-corrected chi connectivity index (χ3v) is 7.60. The highest BCUT2D eigenvalue weighted by atomic mass is 35.5. The van der Waals surface area contributed by atoms with Crippen LogP contribution >= 0.6 is 23.2 Å². The van der Waals surface area contributed by atoms with E-state index in [-0.39, 0.29) is 17.9 Å². The molecule has 3 aliphatic rings. The minimum Gasteiger partial charge on any atom is -0.476 e. The van der Waals surface area contributed by atoms with Gasteiger partial charge in [0, 0.05) is 29.2 Å². The zero-order chi connectivity index (χ0) is 24.7. The van der Waals surface area contributed by atoms with Gasteiger partial charge in [0.05, 0.1) is 16.9 Å². The fourth-order valence-electron chi connectivity index (χ4n) is 5.12. The summed E-state index contributed by atoms with van der Waals surface area (Å²) in [6.07, 6.45) is 7.75. The van der Waals surface area contributed by atoms with Crippen molar-refractivity contribution in [1.29, 1.82) is 0 Å². The van der Waals surface area contributed by atoms with Gasteiger partial charge in [-0.25, -0.2) is 4.98 Å². The van der Waals surface area contributed by atoms with Crippen molar-refractivity contribution in [2.75, 3.05) is 4.90 Å². The molecule has 1 aliphatic carbocycles. The number of hydrogen-bond donors (Lipinski definition) is 2. The van der Waals surface area contributed by atoms with Gasteiger partial charge >= 0.3 is 0 Å². The molecule has 0 radical (unpaired) electrons. The van der Waals surface area contributed by atoms with E-state index in [0.29, 0.717) is 39.6 Å². The first kappa shape index (κ1) is 24.2. The molecule has 2 amide bonds. The molecule has 0 spiro atoms. The Labute approximate surface area is 215 Å². The Kier molecular flexibility index (Phi) is 6.57. The molecule has 2 aliphatic heterocycles. The number of nitrogens with zero attached hydrogens (tertiary/aromatic N) is 2. The van der Waals surface area contributed by atoms with Crippen LogP contribution in [-0.2, 0) is 4.79 Å². The van der Waals surface area contributed by atoms with Crippen molar-refractivity contribution in [3.8, 4) is 5.75 Å². The lowest BCUT2D eigenvalue weighted by Crippen LogP contribution is -2.55. The van der Waals surface area contributed by atoms with Gasteiger partial charge in [0.2, 0.25) is 0 Å².